The molecule has 0 saturated heterocycles. The number of benzene rings is 1. The van der Waals surface area contributed by atoms with Crippen molar-refractivity contribution in [2.24, 2.45) is 0 Å². The molecule has 1 aromatic heterocycles. The van der Waals surface area contributed by atoms with E-state index >= 15 is 0 Å². The summed E-state index contributed by atoms with van der Waals surface area (Å²) in [5.74, 6) is -1.14. The van der Waals surface area contributed by atoms with Crippen molar-refractivity contribution < 1.29 is 23.9 Å². The molecule has 0 aliphatic carbocycles. The van der Waals surface area contributed by atoms with E-state index in [1.165, 1.54) is 10.6 Å². The van der Waals surface area contributed by atoms with Gasteiger partial charge >= 0.3 is 12.1 Å². The third kappa shape index (κ3) is 7.57. The summed E-state index contributed by atoms with van der Waals surface area (Å²) in [6.45, 7) is 8.03. The standard InChI is InChI=1S/C23H29N3O6/c1-15-11-18(25-22(30)32-23(3,4)5)21(29)26(16(15)2)13-19(27)24-12-20(28)31-14-17-9-7-6-8-10-17/h6-11H,12-14H2,1-5H3,(H,24,27)(H,25,30). The smallest absolute Gasteiger partial charge is 0.412 e. The fraction of sp³-hybridized carbons (Fsp3) is 0.391. The molecule has 0 aliphatic rings. The molecule has 1 aromatic carbocycles. The van der Waals surface area contributed by atoms with Crippen molar-refractivity contribution in [1.29, 1.82) is 0 Å². The predicted molar refractivity (Wildman–Crippen MR) is 119 cm³/mol. The van der Waals surface area contributed by atoms with Gasteiger partial charge in [0, 0.05) is 5.69 Å². The lowest BCUT2D eigenvalue weighted by Gasteiger charge is -2.20. The van der Waals surface area contributed by atoms with Gasteiger partial charge in [0.15, 0.2) is 0 Å². The summed E-state index contributed by atoms with van der Waals surface area (Å²) in [7, 11) is 0. The van der Waals surface area contributed by atoms with Crippen LogP contribution in [-0.2, 0) is 32.2 Å². The molecule has 0 spiro atoms. The second-order valence-corrected chi connectivity index (χ2v) is 8.27. The minimum absolute atomic E-state index is 0.00239. The van der Waals surface area contributed by atoms with Crippen molar-refractivity contribution in [3.63, 3.8) is 0 Å². The van der Waals surface area contributed by atoms with Gasteiger partial charge in [0.25, 0.3) is 5.56 Å². The van der Waals surface area contributed by atoms with Crippen molar-refractivity contribution in [1.82, 2.24) is 9.88 Å². The molecule has 0 radical (unpaired) electrons. The number of nitrogens with zero attached hydrogens (tertiary/aromatic N) is 1. The molecule has 0 aliphatic heterocycles. The zero-order chi connectivity index (χ0) is 23.9. The van der Waals surface area contributed by atoms with Gasteiger partial charge in [-0.15, -0.1) is 0 Å². The second-order valence-electron chi connectivity index (χ2n) is 8.27. The van der Waals surface area contributed by atoms with Gasteiger partial charge in [-0.2, -0.15) is 0 Å². The Bertz CT molecular complexity index is 1040. The van der Waals surface area contributed by atoms with Crippen LogP contribution in [-0.4, -0.2) is 34.7 Å². The first-order valence-corrected chi connectivity index (χ1v) is 10.1. The highest BCUT2D eigenvalue weighted by molar-refractivity contribution is 5.85. The minimum atomic E-state index is -0.769. The van der Waals surface area contributed by atoms with Crippen LogP contribution in [0, 0.1) is 13.8 Å². The zero-order valence-corrected chi connectivity index (χ0v) is 19.0. The quantitative estimate of drug-likeness (QED) is 0.636. The van der Waals surface area contributed by atoms with Crippen LogP contribution in [0.1, 0.15) is 37.6 Å². The highest BCUT2D eigenvalue weighted by Gasteiger charge is 2.19. The summed E-state index contributed by atoms with van der Waals surface area (Å²) in [5, 5.41) is 4.88. The lowest BCUT2D eigenvalue weighted by Crippen LogP contribution is -2.38. The van der Waals surface area contributed by atoms with Gasteiger partial charge in [-0.1, -0.05) is 30.3 Å². The molecule has 0 atom stereocenters. The van der Waals surface area contributed by atoms with Gasteiger partial charge in [0.2, 0.25) is 5.91 Å². The van der Waals surface area contributed by atoms with Crippen LogP contribution in [0.3, 0.4) is 0 Å². The van der Waals surface area contributed by atoms with Crippen molar-refractivity contribution in [3.05, 3.63) is 63.6 Å². The Hall–Kier alpha value is -3.62. The van der Waals surface area contributed by atoms with Crippen LogP contribution >= 0.6 is 0 Å². The number of aryl methyl sites for hydroxylation is 1. The van der Waals surface area contributed by atoms with Crippen molar-refractivity contribution in [2.75, 3.05) is 11.9 Å². The maximum Gasteiger partial charge on any atom is 0.412 e. The summed E-state index contributed by atoms with van der Waals surface area (Å²) in [4.78, 5) is 49.1. The molecule has 0 fully saturated rings. The monoisotopic (exact) mass is 443 g/mol. The number of pyridine rings is 1. The Morgan fingerprint density at radius 1 is 1.06 bits per heavy atom. The van der Waals surface area contributed by atoms with E-state index in [0.717, 1.165) is 5.56 Å². The van der Waals surface area contributed by atoms with Crippen LogP contribution in [0.5, 0.6) is 0 Å². The average molecular weight is 444 g/mol. The Morgan fingerprint density at radius 2 is 1.72 bits per heavy atom. The van der Waals surface area contributed by atoms with Gasteiger partial charge in [-0.25, -0.2) is 4.79 Å². The molecule has 172 valence electrons. The lowest BCUT2D eigenvalue weighted by molar-refractivity contribution is -0.145. The van der Waals surface area contributed by atoms with Crippen molar-refractivity contribution in [2.45, 2.75) is 53.4 Å². The average Bonchev–Trinajstić information content (AvgIpc) is 2.71. The number of rotatable bonds is 7. The summed E-state index contributed by atoms with van der Waals surface area (Å²) in [5.41, 5.74) is 0.812. The molecule has 32 heavy (non-hydrogen) atoms. The van der Waals surface area contributed by atoms with Crippen LogP contribution in [0.15, 0.2) is 41.2 Å². The minimum Gasteiger partial charge on any atom is -0.460 e. The summed E-state index contributed by atoms with van der Waals surface area (Å²) < 4.78 is 11.5. The Labute approximate surface area is 186 Å². The molecule has 9 nitrogen and oxygen atoms in total. The first-order chi connectivity index (χ1) is 15.0. The SMILES string of the molecule is Cc1cc(NC(=O)OC(C)(C)C)c(=O)n(CC(=O)NCC(=O)OCc2ccccc2)c1C. The topological polar surface area (TPSA) is 116 Å². The van der Waals surface area contributed by atoms with Gasteiger partial charge in [0.05, 0.1) is 0 Å². The fourth-order valence-corrected chi connectivity index (χ4v) is 2.75. The molecule has 0 unspecified atom stereocenters. The van der Waals surface area contributed by atoms with Gasteiger partial charge < -0.3 is 19.4 Å². The Balaban J connectivity index is 1.99. The first kappa shape index (κ1) is 24.6. The number of nitrogens with one attached hydrogen (secondary N) is 2. The van der Waals surface area contributed by atoms with E-state index in [1.807, 2.05) is 30.3 Å². The van der Waals surface area contributed by atoms with Crippen LogP contribution in [0.2, 0.25) is 0 Å². The van der Waals surface area contributed by atoms with Crippen LogP contribution < -0.4 is 16.2 Å². The van der Waals surface area contributed by atoms with E-state index in [1.54, 1.807) is 34.6 Å². The van der Waals surface area contributed by atoms with E-state index in [4.69, 9.17) is 9.47 Å². The molecule has 2 aromatic rings. The summed E-state index contributed by atoms with van der Waals surface area (Å²) in [6, 6.07) is 10.7. The molecule has 2 amide bonds. The third-order valence-electron chi connectivity index (χ3n) is 4.42. The van der Waals surface area contributed by atoms with E-state index in [-0.39, 0.29) is 25.4 Å². The number of hydrogen-bond donors (Lipinski definition) is 2. The maximum absolute atomic E-state index is 12.8. The lowest BCUT2D eigenvalue weighted by atomic mass is 10.2. The Kier molecular flexibility index (Phi) is 8.17. The number of esters is 1. The summed E-state index contributed by atoms with van der Waals surface area (Å²) in [6.07, 6.45) is -0.769. The number of hydrogen-bond acceptors (Lipinski definition) is 6. The van der Waals surface area contributed by atoms with Gasteiger partial charge in [-0.05, 0) is 51.8 Å². The van der Waals surface area contributed by atoms with E-state index in [9.17, 15) is 19.2 Å². The largest absolute Gasteiger partial charge is 0.460 e. The number of aromatic nitrogens is 1. The predicted octanol–water partition coefficient (Wildman–Crippen LogP) is 2.67. The molecule has 1 heterocycles. The van der Waals surface area contributed by atoms with E-state index in [0.29, 0.717) is 11.3 Å². The van der Waals surface area contributed by atoms with Crippen LogP contribution in [0.25, 0.3) is 0 Å². The fourth-order valence-electron chi connectivity index (χ4n) is 2.75. The Morgan fingerprint density at radius 3 is 2.34 bits per heavy atom. The molecule has 9 heteroatoms. The molecule has 0 bridgehead atoms. The molecule has 2 rings (SSSR count). The number of ether oxygens (including phenoxy) is 2. The number of amides is 2. The second kappa shape index (κ2) is 10.6. The zero-order valence-electron chi connectivity index (χ0n) is 19.0. The first-order valence-electron chi connectivity index (χ1n) is 10.1. The molecule has 0 saturated carbocycles. The molecule has 2 N–H and O–H groups in total. The highest BCUT2D eigenvalue weighted by atomic mass is 16.6. The molecular weight excluding hydrogens is 414 g/mol. The van der Waals surface area contributed by atoms with Gasteiger partial charge in [0.1, 0.15) is 31.0 Å². The van der Waals surface area contributed by atoms with E-state index in [2.05, 4.69) is 10.6 Å². The van der Waals surface area contributed by atoms with E-state index < -0.39 is 29.1 Å². The normalized spacial score (nSPS) is 10.9. The summed E-state index contributed by atoms with van der Waals surface area (Å²) >= 11 is 0. The highest BCUT2D eigenvalue weighted by Crippen LogP contribution is 2.13. The van der Waals surface area contributed by atoms with Crippen LogP contribution in [0.4, 0.5) is 10.5 Å². The van der Waals surface area contributed by atoms with Gasteiger partial charge in [-0.3, -0.25) is 19.7 Å². The van der Waals surface area contributed by atoms with Crippen molar-refractivity contribution in [3.8, 4) is 0 Å². The third-order valence-corrected chi connectivity index (χ3v) is 4.42. The number of carbonyl (C=O) groups excluding carboxylic acids is 3. The maximum atomic E-state index is 12.8. The number of carbonyl (C=O) groups is 3. The molecular formula is C23H29N3O6. The van der Waals surface area contributed by atoms with Crippen molar-refractivity contribution >= 4 is 23.7 Å². The number of anilines is 1.